The Morgan fingerprint density at radius 1 is 1.53 bits per heavy atom. The highest BCUT2D eigenvalue weighted by molar-refractivity contribution is 6.33. The van der Waals surface area contributed by atoms with Gasteiger partial charge in [-0.2, -0.15) is 0 Å². The summed E-state index contributed by atoms with van der Waals surface area (Å²) in [5.74, 6) is -0.405. The molecule has 0 heterocycles. The summed E-state index contributed by atoms with van der Waals surface area (Å²) in [5, 5.41) is 22.6. The minimum Gasteiger partial charge on any atom is -0.391 e. The van der Waals surface area contributed by atoms with Gasteiger partial charge in [-0.15, -0.1) is 0 Å². The van der Waals surface area contributed by atoms with Crippen LogP contribution in [0.1, 0.15) is 24.2 Å². The molecular weight excluding hydrogens is 272 g/mol. The SMILES string of the molecule is CC(C)C(O)CNC(=O)c1ccc([N+](=O)[O-])c(Cl)c1. The molecule has 0 radical (unpaired) electrons. The number of amides is 1. The van der Waals surface area contributed by atoms with Crippen LogP contribution in [0.3, 0.4) is 0 Å². The van der Waals surface area contributed by atoms with Crippen molar-refractivity contribution in [3.8, 4) is 0 Å². The summed E-state index contributed by atoms with van der Waals surface area (Å²) in [6.07, 6.45) is -0.641. The number of hydrogen-bond acceptors (Lipinski definition) is 4. The zero-order valence-corrected chi connectivity index (χ0v) is 11.3. The third-order valence-corrected chi connectivity index (χ3v) is 2.95. The van der Waals surface area contributed by atoms with Crippen molar-refractivity contribution in [1.82, 2.24) is 5.32 Å². The molecule has 0 bridgehead atoms. The fourth-order valence-corrected chi connectivity index (χ4v) is 1.58. The summed E-state index contributed by atoms with van der Waals surface area (Å²) in [7, 11) is 0. The number of nitro benzene ring substituents is 1. The van der Waals surface area contributed by atoms with E-state index in [9.17, 15) is 20.0 Å². The lowest BCUT2D eigenvalue weighted by Crippen LogP contribution is -2.34. The number of nitrogens with one attached hydrogen (secondary N) is 1. The van der Waals surface area contributed by atoms with Gasteiger partial charge < -0.3 is 10.4 Å². The first-order valence-corrected chi connectivity index (χ1v) is 6.11. The Kier molecular flexibility index (Phi) is 5.26. The van der Waals surface area contributed by atoms with Crippen LogP contribution in [0.15, 0.2) is 18.2 Å². The van der Waals surface area contributed by atoms with Gasteiger partial charge in [0.15, 0.2) is 0 Å². The Bertz CT molecular complexity index is 491. The number of nitrogens with zero attached hydrogens (tertiary/aromatic N) is 1. The van der Waals surface area contributed by atoms with E-state index in [4.69, 9.17) is 11.6 Å². The van der Waals surface area contributed by atoms with E-state index in [0.29, 0.717) is 0 Å². The van der Waals surface area contributed by atoms with Gasteiger partial charge in [0, 0.05) is 18.2 Å². The fourth-order valence-electron chi connectivity index (χ4n) is 1.33. The average Bonchev–Trinajstić information content (AvgIpc) is 2.34. The topological polar surface area (TPSA) is 92.5 Å². The predicted octanol–water partition coefficient (Wildman–Crippen LogP) is 1.99. The molecule has 1 unspecified atom stereocenters. The Morgan fingerprint density at radius 2 is 2.16 bits per heavy atom. The van der Waals surface area contributed by atoms with E-state index in [2.05, 4.69) is 5.32 Å². The molecule has 0 saturated heterocycles. The van der Waals surface area contributed by atoms with Crippen molar-refractivity contribution in [2.45, 2.75) is 20.0 Å². The van der Waals surface area contributed by atoms with Crippen LogP contribution < -0.4 is 5.32 Å². The number of nitro groups is 1. The zero-order chi connectivity index (χ0) is 14.6. The molecule has 1 amide bonds. The largest absolute Gasteiger partial charge is 0.391 e. The number of benzene rings is 1. The first-order valence-electron chi connectivity index (χ1n) is 5.73. The molecule has 0 aliphatic heterocycles. The summed E-state index contributed by atoms with van der Waals surface area (Å²) in [6.45, 7) is 3.78. The van der Waals surface area contributed by atoms with E-state index < -0.39 is 16.9 Å². The van der Waals surface area contributed by atoms with Gasteiger partial charge in [-0.1, -0.05) is 25.4 Å². The molecular formula is C12H15ClN2O4. The molecule has 104 valence electrons. The maximum absolute atomic E-state index is 11.8. The third-order valence-electron chi connectivity index (χ3n) is 2.65. The molecule has 2 N–H and O–H groups in total. The Hall–Kier alpha value is -1.66. The summed E-state index contributed by atoms with van der Waals surface area (Å²) >= 11 is 5.71. The summed E-state index contributed by atoms with van der Waals surface area (Å²) in [5.41, 5.74) is -0.0352. The van der Waals surface area contributed by atoms with E-state index in [1.54, 1.807) is 0 Å². The number of aliphatic hydroxyl groups is 1. The van der Waals surface area contributed by atoms with Gasteiger partial charge in [0.05, 0.1) is 11.0 Å². The number of halogens is 1. The summed E-state index contributed by atoms with van der Waals surface area (Å²) < 4.78 is 0. The normalized spacial score (nSPS) is 12.3. The zero-order valence-electron chi connectivity index (χ0n) is 10.6. The molecule has 19 heavy (non-hydrogen) atoms. The van der Waals surface area contributed by atoms with E-state index in [-0.39, 0.29) is 28.7 Å². The molecule has 1 atom stereocenters. The van der Waals surface area contributed by atoms with Crippen LogP contribution >= 0.6 is 11.6 Å². The van der Waals surface area contributed by atoms with Crippen molar-refractivity contribution in [2.75, 3.05) is 6.54 Å². The van der Waals surface area contributed by atoms with Crippen LogP contribution in [-0.2, 0) is 0 Å². The fraction of sp³-hybridized carbons (Fsp3) is 0.417. The highest BCUT2D eigenvalue weighted by Crippen LogP contribution is 2.24. The summed E-state index contributed by atoms with van der Waals surface area (Å²) in [4.78, 5) is 21.7. The maximum atomic E-state index is 11.8. The molecule has 1 aromatic rings. The predicted molar refractivity (Wildman–Crippen MR) is 71.3 cm³/mol. The van der Waals surface area contributed by atoms with Gasteiger partial charge in [0.1, 0.15) is 5.02 Å². The van der Waals surface area contributed by atoms with Gasteiger partial charge in [0.25, 0.3) is 11.6 Å². The Balaban J connectivity index is 2.73. The second-order valence-electron chi connectivity index (χ2n) is 4.44. The van der Waals surface area contributed by atoms with Crippen molar-refractivity contribution >= 4 is 23.2 Å². The molecule has 0 aromatic heterocycles. The van der Waals surface area contributed by atoms with E-state index in [1.807, 2.05) is 13.8 Å². The van der Waals surface area contributed by atoms with Crippen molar-refractivity contribution in [2.24, 2.45) is 5.92 Å². The van der Waals surface area contributed by atoms with Gasteiger partial charge in [-0.3, -0.25) is 14.9 Å². The van der Waals surface area contributed by atoms with E-state index in [0.717, 1.165) is 0 Å². The molecule has 1 aromatic carbocycles. The van der Waals surface area contributed by atoms with Crippen LogP contribution in [0.5, 0.6) is 0 Å². The van der Waals surface area contributed by atoms with Crippen LogP contribution in [0.4, 0.5) is 5.69 Å². The standard InChI is InChI=1S/C12H15ClN2O4/c1-7(2)11(16)6-14-12(17)8-3-4-10(15(18)19)9(13)5-8/h3-5,7,11,16H,6H2,1-2H3,(H,14,17). The van der Waals surface area contributed by atoms with Crippen molar-refractivity contribution < 1.29 is 14.8 Å². The second kappa shape index (κ2) is 6.49. The van der Waals surface area contributed by atoms with Crippen LogP contribution in [0, 0.1) is 16.0 Å². The van der Waals surface area contributed by atoms with Gasteiger partial charge in [0.2, 0.25) is 0 Å². The van der Waals surface area contributed by atoms with Crippen molar-refractivity contribution in [3.63, 3.8) is 0 Å². The molecule has 1 rings (SSSR count). The Morgan fingerprint density at radius 3 is 2.63 bits per heavy atom. The molecule has 0 saturated carbocycles. The van der Waals surface area contributed by atoms with E-state index in [1.165, 1.54) is 18.2 Å². The monoisotopic (exact) mass is 286 g/mol. The lowest BCUT2D eigenvalue weighted by atomic mass is 10.1. The van der Waals surface area contributed by atoms with Crippen molar-refractivity contribution in [3.05, 3.63) is 38.9 Å². The number of hydrogen-bond donors (Lipinski definition) is 2. The van der Waals surface area contributed by atoms with Gasteiger partial charge in [-0.05, 0) is 18.1 Å². The highest BCUT2D eigenvalue weighted by Gasteiger charge is 2.16. The number of rotatable bonds is 5. The summed E-state index contributed by atoms with van der Waals surface area (Å²) in [6, 6.07) is 3.73. The van der Waals surface area contributed by atoms with E-state index >= 15 is 0 Å². The number of carbonyl (C=O) groups excluding carboxylic acids is 1. The molecule has 0 aliphatic carbocycles. The minimum absolute atomic E-state index is 0.0285. The first kappa shape index (κ1) is 15.4. The van der Waals surface area contributed by atoms with Gasteiger partial charge >= 0.3 is 0 Å². The molecule has 0 fully saturated rings. The average molecular weight is 287 g/mol. The molecule has 0 spiro atoms. The lowest BCUT2D eigenvalue weighted by Gasteiger charge is -2.15. The number of carbonyl (C=O) groups is 1. The van der Waals surface area contributed by atoms with Crippen LogP contribution in [0.2, 0.25) is 5.02 Å². The minimum atomic E-state index is -0.641. The Labute approximate surface area is 115 Å². The number of aliphatic hydroxyl groups excluding tert-OH is 1. The highest BCUT2D eigenvalue weighted by atomic mass is 35.5. The molecule has 0 aliphatic rings. The lowest BCUT2D eigenvalue weighted by molar-refractivity contribution is -0.384. The quantitative estimate of drug-likeness (QED) is 0.639. The molecule has 6 nitrogen and oxygen atoms in total. The molecule has 7 heteroatoms. The van der Waals surface area contributed by atoms with Gasteiger partial charge in [-0.25, -0.2) is 0 Å². The van der Waals surface area contributed by atoms with Crippen LogP contribution in [0.25, 0.3) is 0 Å². The second-order valence-corrected chi connectivity index (χ2v) is 4.85. The maximum Gasteiger partial charge on any atom is 0.287 e. The third kappa shape index (κ3) is 4.18. The van der Waals surface area contributed by atoms with Crippen molar-refractivity contribution in [1.29, 1.82) is 0 Å². The smallest absolute Gasteiger partial charge is 0.287 e. The first-order chi connectivity index (χ1) is 8.82. The van der Waals surface area contributed by atoms with Crippen LogP contribution in [-0.4, -0.2) is 28.6 Å².